The van der Waals surface area contributed by atoms with E-state index in [1.807, 2.05) is 25.3 Å². The number of nitrogens with zero attached hydrogens (tertiary/aromatic N) is 5. The molecule has 27 heavy (non-hydrogen) atoms. The van der Waals surface area contributed by atoms with Gasteiger partial charge in [-0.15, -0.1) is 0 Å². The lowest BCUT2D eigenvalue weighted by Gasteiger charge is -2.33. The lowest BCUT2D eigenvalue weighted by Crippen LogP contribution is -2.36. The Morgan fingerprint density at radius 1 is 1.04 bits per heavy atom. The van der Waals surface area contributed by atoms with Gasteiger partial charge in [-0.3, -0.25) is 19.3 Å². The van der Waals surface area contributed by atoms with Crippen molar-refractivity contribution in [3.8, 4) is 11.3 Å². The van der Waals surface area contributed by atoms with E-state index < -0.39 is 0 Å². The first kappa shape index (κ1) is 17.4. The maximum absolute atomic E-state index is 12.5. The van der Waals surface area contributed by atoms with E-state index in [2.05, 4.69) is 32.0 Å². The zero-order valence-electron chi connectivity index (χ0n) is 15.5. The number of aryl methyl sites for hydroxylation is 1. The number of anilines is 1. The van der Waals surface area contributed by atoms with Crippen LogP contribution in [0, 0.1) is 12.8 Å². The van der Waals surface area contributed by atoms with Crippen LogP contribution >= 0.6 is 0 Å². The Kier molecular flexibility index (Phi) is 4.96. The number of pyridine rings is 2. The molecule has 6 heteroatoms. The van der Waals surface area contributed by atoms with E-state index in [1.165, 1.54) is 5.69 Å². The van der Waals surface area contributed by atoms with Crippen LogP contribution in [0.5, 0.6) is 0 Å². The van der Waals surface area contributed by atoms with Gasteiger partial charge in [0.25, 0.3) is 5.56 Å². The van der Waals surface area contributed by atoms with Crippen LogP contribution in [-0.2, 0) is 6.54 Å². The van der Waals surface area contributed by atoms with Gasteiger partial charge in [-0.2, -0.15) is 0 Å². The van der Waals surface area contributed by atoms with Crippen molar-refractivity contribution >= 4 is 5.69 Å². The molecule has 0 N–H and O–H groups in total. The number of aromatic nitrogens is 4. The molecule has 0 aliphatic carbocycles. The molecule has 3 aromatic rings. The predicted molar refractivity (Wildman–Crippen MR) is 106 cm³/mol. The van der Waals surface area contributed by atoms with E-state index in [9.17, 15) is 4.79 Å². The molecular weight excluding hydrogens is 338 g/mol. The van der Waals surface area contributed by atoms with Crippen molar-refractivity contribution < 1.29 is 0 Å². The third-order valence-corrected chi connectivity index (χ3v) is 5.17. The Bertz CT molecular complexity index is 962. The Hall–Kier alpha value is -3.02. The first-order chi connectivity index (χ1) is 13.2. The van der Waals surface area contributed by atoms with Gasteiger partial charge in [-0.25, -0.2) is 4.98 Å². The molecule has 0 amide bonds. The van der Waals surface area contributed by atoms with Crippen molar-refractivity contribution in [3.05, 3.63) is 71.3 Å². The van der Waals surface area contributed by atoms with Gasteiger partial charge in [-0.05, 0) is 49.9 Å². The van der Waals surface area contributed by atoms with E-state index in [4.69, 9.17) is 0 Å². The normalized spacial score (nSPS) is 15.1. The van der Waals surface area contributed by atoms with E-state index >= 15 is 0 Å². The van der Waals surface area contributed by atoms with Crippen LogP contribution in [0.15, 0.2) is 60.0 Å². The topological polar surface area (TPSA) is 63.9 Å². The zero-order chi connectivity index (χ0) is 18.6. The highest BCUT2D eigenvalue weighted by molar-refractivity contribution is 5.57. The van der Waals surface area contributed by atoms with Crippen molar-refractivity contribution in [2.75, 3.05) is 18.0 Å². The zero-order valence-corrected chi connectivity index (χ0v) is 15.5. The molecule has 4 rings (SSSR count). The molecule has 1 aliphatic heterocycles. The van der Waals surface area contributed by atoms with E-state index in [0.717, 1.165) is 43.7 Å². The molecule has 0 bridgehead atoms. The van der Waals surface area contributed by atoms with Gasteiger partial charge in [0.2, 0.25) is 0 Å². The fourth-order valence-corrected chi connectivity index (χ4v) is 3.62. The molecule has 0 aromatic carbocycles. The summed E-state index contributed by atoms with van der Waals surface area (Å²) in [5.74, 6) is 0.496. The van der Waals surface area contributed by atoms with Crippen molar-refractivity contribution in [2.45, 2.75) is 26.3 Å². The molecule has 0 spiro atoms. The van der Waals surface area contributed by atoms with Gasteiger partial charge in [0.1, 0.15) is 0 Å². The van der Waals surface area contributed by atoms with Crippen molar-refractivity contribution in [1.29, 1.82) is 0 Å². The smallest absolute Gasteiger partial charge is 0.253 e. The van der Waals surface area contributed by atoms with Gasteiger partial charge < -0.3 is 4.90 Å². The molecule has 0 saturated carbocycles. The van der Waals surface area contributed by atoms with Crippen LogP contribution in [0.4, 0.5) is 5.69 Å². The molecular formula is C21H23N5O. The van der Waals surface area contributed by atoms with Crippen LogP contribution < -0.4 is 10.5 Å². The minimum Gasteiger partial charge on any atom is -0.371 e. The molecule has 0 radical (unpaired) electrons. The number of hydrogen-bond donors (Lipinski definition) is 0. The third kappa shape index (κ3) is 4.05. The quantitative estimate of drug-likeness (QED) is 0.715. The van der Waals surface area contributed by atoms with Crippen LogP contribution in [0.2, 0.25) is 0 Å². The Morgan fingerprint density at radius 2 is 1.81 bits per heavy atom. The molecule has 3 aromatic heterocycles. The first-order valence-electron chi connectivity index (χ1n) is 9.33. The Morgan fingerprint density at radius 3 is 2.52 bits per heavy atom. The Labute approximate surface area is 158 Å². The average Bonchev–Trinajstić information content (AvgIpc) is 2.71. The maximum Gasteiger partial charge on any atom is 0.253 e. The minimum atomic E-state index is 0.00370. The summed E-state index contributed by atoms with van der Waals surface area (Å²) < 4.78 is 1.74. The van der Waals surface area contributed by atoms with Crippen LogP contribution in [0.25, 0.3) is 11.3 Å². The molecule has 4 heterocycles. The highest BCUT2D eigenvalue weighted by Gasteiger charge is 2.20. The van der Waals surface area contributed by atoms with Crippen LogP contribution in [0.3, 0.4) is 0 Å². The molecule has 1 fully saturated rings. The van der Waals surface area contributed by atoms with Gasteiger partial charge >= 0.3 is 0 Å². The fraction of sp³-hybridized carbons (Fsp3) is 0.333. The summed E-state index contributed by atoms with van der Waals surface area (Å²) in [6.07, 6.45) is 9.10. The van der Waals surface area contributed by atoms with E-state index in [-0.39, 0.29) is 5.56 Å². The lowest BCUT2D eigenvalue weighted by atomic mass is 9.96. The molecule has 1 saturated heterocycles. The van der Waals surface area contributed by atoms with Gasteiger partial charge in [-0.1, -0.05) is 0 Å². The fourth-order valence-electron chi connectivity index (χ4n) is 3.62. The van der Waals surface area contributed by atoms with Crippen molar-refractivity contribution in [2.24, 2.45) is 5.92 Å². The SMILES string of the molecule is Cc1cc(N2CCC(Cn3cnc(-c4ccncc4)cc3=O)CC2)ccn1. The van der Waals surface area contributed by atoms with Gasteiger partial charge in [0, 0.05) is 61.2 Å². The standard InChI is InChI=1S/C21H23N5O/c1-16-12-19(4-9-23-16)25-10-5-17(6-11-25)14-26-15-24-20(13-21(26)27)18-2-7-22-8-3-18/h2-4,7-9,12-13,15,17H,5-6,10-11,14H2,1H3. The van der Waals surface area contributed by atoms with Gasteiger partial charge in [0.05, 0.1) is 12.0 Å². The maximum atomic E-state index is 12.5. The van der Waals surface area contributed by atoms with Crippen LogP contribution in [-0.4, -0.2) is 32.6 Å². The molecule has 6 nitrogen and oxygen atoms in total. The minimum absolute atomic E-state index is 0.00370. The summed E-state index contributed by atoms with van der Waals surface area (Å²) in [7, 11) is 0. The number of hydrogen-bond acceptors (Lipinski definition) is 5. The largest absolute Gasteiger partial charge is 0.371 e. The summed E-state index contributed by atoms with van der Waals surface area (Å²) in [5.41, 5.74) is 3.89. The molecule has 138 valence electrons. The summed E-state index contributed by atoms with van der Waals surface area (Å²) in [6, 6.07) is 9.54. The summed E-state index contributed by atoms with van der Waals surface area (Å²) in [4.78, 5) is 27.6. The average molecular weight is 361 g/mol. The van der Waals surface area contributed by atoms with E-state index in [0.29, 0.717) is 11.6 Å². The summed E-state index contributed by atoms with van der Waals surface area (Å²) in [5, 5.41) is 0. The molecule has 0 atom stereocenters. The Balaban J connectivity index is 1.40. The van der Waals surface area contributed by atoms with Crippen LogP contribution in [0.1, 0.15) is 18.5 Å². The highest BCUT2D eigenvalue weighted by Crippen LogP contribution is 2.24. The number of piperidine rings is 1. The second kappa shape index (κ2) is 7.70. The second-order valence-corrected chi connectivity index (χ2v) is 7.09. The predicted octanol–water partition coefficient (Wildman–Crippen LogP) is 2.93. The first-order valence-corrected chi connectivity index (χ1v) is 9.33. The summed E-state index contributed by atoms with van der Waals surface area (Å²) in [6.45, 7) is 4.76. The molecule has 0 unspecified atom stereocenters. The van der Waals surface area contributed by atoms with Gasteiger partial charge in [0.15, 0.2) is 0 Å². The monoisotopic (exact) mass is 361 g/mol. The van der Waals surface area contributed by atoms with E-state index in [1.54, 1.807) is 29.4 Å². The highest BCUT2D eigenvalue weighted by atomic mass is 16.1. The van der Waals surface area contributed by atoms with Crippen molar-refractivity contribution in [1.82, 2.24) is 19.5 Å². The number of rotatable bonds is 4. The van der Waals surface area contributed by atoms with Crippen molar-refractivity contribution in [3.63, 3.8) is 0 Å². The second-order valence-electron chi connectivity index (χ2n) is 7.09. The molecule has 1 aliphatic rings. The summed E-state index contributed by atoms with van der Waals surface area (Å²) >= 11 is 0. The lowest BCUT2D eigenvalue weighted by molar-refractivity contribution is 0.351. The third-order valence-electron chi connectivity index (χ3n) is 5.17.